The number of esters is 1. The van der Waals surface area contributed by atoms with Crippen molar-refractivity contribution in [2.45, 2.75) is 18.1 Å². The van der Waals surface area contributed by atoms with E-state index in [9.17, 15) is 9.59 Å². The van der Waals surface area contributed by atoms with Crippen molar-refractivity contribution in [2.75, 3.05) is 32.5 Å². The first-order valence-corrected chi connectivity index (χ1v) is 6.43. The minimum atomic E-state index is -0.416. The summed E-state index contributed by atoms with van der Waals surface area (Å²) in [6.07, 6.45) is 2.21. The van der Waals surface area contributed by atoms with Gasteiger partial charge in [-0.05, 0) is 25.9 Å². The second-order valence-electron chi connectivity index (χ2n) is 3.61. The zero-order valence-corrected chi connectivity index (χ0v) is 10.3. The second kappa shape index (κ2) is 7.51. The van der Waals surface area contributed by atoms with E-state index in [4.69, 9.17) is 0 Å². The fourth-order valence-electron chi connectivity index (χ4n) is 1.45. The molecule has 0 aromatic carbocycles. The fourth-order valence-corrected chi connectivity index (χ4v) is 2.51. The van der Waals surface area contributed by atoms with E-state index in [0.29, 0.717) is 11.0 Å². The van der Waals surface area contributed by atoms with Crippen molar-refractivity contribution in [3.05, 3.63) is 0 Å². The number of piperidine rings is 1. The van der Waals surface area contributed by atoms with Gasteiger partial charge >= 0.3 is 5.97 Å². The maximum atomic E-state index is 11.4. The van der Waals surface area contributed by atoms with Gasteiger partial charge in [-0.1, -0.05) is 0 Å². The van der Waals surface area contributed by atoms with Gasteiger partial charge in [-0.2, -0.15) is 0 Å². The Labute approximate surface area is 99.7 Å². The molecule has 0 aromatic rings. The molecule has 92 valence electrons. The zero-order valence-electron chi connectivity index (χ0n) is 9.45. The molecule has 1 fully saturated rings. The molecule has 0 spiro atoms. The van der Waals surface area contributed by atoms with Crippen LogP contribution < -0.4 is 10.6 Å². The first-order chi connectivity index (χ1) is 7.72. The Morgan fingerprint density at radius 1 is 1.44 bits per heavy atom. The third kappa shape index (κ3) is 5.37. The Kier molecular flexibility index (Phi) is 6.25. The fraction of sp³-hybridized carbons (Fsp3) is 0.800. The van der Waals surface area contributed by atoms with E-state index < -0.39 is 5.97 Å². The minimum Gasteiger partial charge on any atom is -0.468 e. The largest absolute Gasteiger partial charge is 0.468 e. The molecule has 0 bridgehead atoms. The molecule has 0 saturated carbocycles. The van der Waals surface area contributed by atoms with Crippen LogP contribution in [-0.4, -0.2) is 49.6 Å². The van der Waals surface area contributed by atoms with Gasteiger partial charge in [-0.3, -0.25) is 9.59 Å². The summed E-state index contributed by atoms with van der Waals surface area (Å²) in [5.74, 6) is -0.101. The average Bonchev–Trinajstić information content (AvgIpc) is 2.34. The lowest BCUT2D eigenvalue weighted by Crippen LogP contribution is -2.33. The van der Waals surface area contributed by atoms with E-state index in [1.54, 1.807) is 11.8 Å². The number of ether oxygens (including phenoxy) is 1. The first-order valence-electron chi connectivity index (χ1n) is 5.38. The molecular formula is C10H18N2O3S. The Bertz CT molecular complexity index is 242. The van der Waals surface area contributed by atoms with Crippen LogP contribution in [0.2, 0.25) is 0 Å². The maximum Gasteiger partial charge on any atom is 0.325 e. The van der Waals surface area contributed by atoms with Crippen molar-refractivity contribution >= 4 is 23.6 Å². The van der Waals surface area contributed by atoms with E-state index in [1.807, 2.05) is 0 Å². The molecule has 0 aromatic heterocycles. The van der Waals surface area contributed by atoms with Crippen LogP contribution in [0.25, 0.3) is 0 Å². The molecule has 0 aliphatic carbocycles. The summed E-state index contributed by atoms with van der Waals surface area (Å²) in [4.78, 5) is 22.1. The topological polar surface area (TPSA) is 67.4 Å². The van der Waals surface area contributed by atoms with Gasteiger partial charge in [-0.15, -0.1) is 11.8 Å². The predicted molar refractivity (Wildman–Crippen MR) is 63.4 cm³/mol. The van der Waals surface area contributed by atoms with Gasteiger partial charge in [0.15, 0.2) is 0 Å². The summed E-state index contributed by atoms with van der Waals surface area (Å²) in [6, 6.07) is 0. The lowest BCUT2D eigenvalue weighted by atomic mass is 10.2. The van der Waals surface area contributed by atoms with E-state index in [-0.39, 0.29) is 12.5 Å². The molecule has 0 unspecified atom stereocenters. The van der Waals surface area contributed by atoms with Gasteiger partial charge in [0.1, 0.15) is 6.54 Å². The standard InChI is InChI=1S/C10H18N2O3S/c1-15-10(14)6-12-9(13)7-16-8-2-4-11-5-3-8/h8,11H,2-7H2,1H3,(H,12,13). The zero-order chi connectivity index (χ0) is 11.8. The third-order valence-electron chi connectivity index (χ3n) is 2.39. The van der Waals surface area contributed by atoms with Crippen LogP contribution in [0.4, 0.5) is 0 Å². The normalized spacial score (nSPS) is 16.8. The number of thioether (sulfide) groups is 1. The second-order valence-corrected chi connectivity index (χ2v) is 4.90. The Morgan fingerprint density at radius 3 is 2.75 bits per heavy atom. The van der Waals surface area contributed by atoms with Gasteiger partial charge in [0, 0.05) is 5.25 Å². The first kappa shape index (κ1) is 13.3. The number of nitrogens with one attached hydrogen (secondary N) is 2. The predicted octanol–water partition coefficient (Wildman–Crippen LogP) is -0.239. The van der Waals surface area contributed by atoms with E-state index in [0.717, 1.165) is 25.9 Å². The number of carbonyl (C=O) groups is 2. The van der Waals surface area contributed by atoms with Crippen LogP contribution in [0, 0.1) is 0 Å². The average molecular weight is 246 g/mol. The van der Waals surface area contributed by atoms with Crippen molar-refractivity contribution in [2.24, 2.45) is 0 Å². The van der Waals surface area contributed by atoms with Crippen LogP contribution in [0.5, 0.6) is 0 Å². The van der Waals surface area contributed by atoms with Crippen LogP contribution in [-0.2, 0) is 14.3 Å². The SMILES string of the molecule is COC(=O)CNC(=O)CSC1CCNCC1. The van der Waals surface area contributed by atoms with E-state index in [1.165, 1.54) is 7.11 Å². The summed E-state index contributed by atoms with van der Waals surface area (Å²) in [6.45, 7) is 2.02. The van der Waals surface area contributed by atoms with Gasteiger partial charge < -0.3 is 15.4 Å². The molecule has 0 radical (unpaired) electrons. The van der Waals surface area contributed by atoms with E-state index >= 15 is 0 Å². The van der Waals surface area contributed by atoms with Gasteiger partial charge in [-0.25, -0.2) is 0 Å². The molecule has 1 aliphatic heterocycles. The highest BCUT2D eigenvalue weighted by Crippen LogP contribution is 2.19. The molecule has 1 saturated heterocycles. The molecule has 16 heavy (non-hydrogen) atoms. The molecule has 1 aliphatic rings. The lowest BCUT2D eigenvalue weighted by Gasteiger charge is -2.21. The monoisotopic (exact) mass is 246 g/mol. The number of hydrogen-bond acceptors (Lipinski definition) is 5. The molecular weight excluding hydrogens is 228 g/mol. The lowest BCUT2D eigenvalue weighted by molar-refractivity contribution is -0.140. The summed E-state index contributed by atoms with van der Waals surface area (Å²) in [7, 11) is 1.30. The molecule has 5 nitrogen and oxygen atoms in total. The van der Waals surface area contributed by atoms with Crippen molar-refractivity contribution in [1.29, 1.82) is 0 Å². The molecule has 1 rings (SSSR count). The van der Waals surface area contributed by atoms with Crippen LogP contribution in [0.15, 0.2) is 0 Å². The Morgan fingerprint density at radius 2 is 2.12 bits per heavy atom. The molecule has 1 heterocycles. The van der Waals surface area contributed by atoms with Crippen LogP contribution in [0.1, 0.15) is 12.8 Å². The number of methoxy groups -OCH3 is 1. The third-order valence-corrected chi connectivity index (χ3v) is 3.77. The minimum absolute atomic E-state index is 0.0396. The maximum absolute atomic E-state index is 11.4. The van der Waals surface area contributed by atoms with Crippen LogP contribution in [0.3, 0.4) is 0 Å². The van der Waals surface area contributed by atoms with Crippen molar-refractivity contribution in [3.8, 4) is 0 Å². The molecule has 1 amide bonds. The molecule has 6 heteroatoms. The van der Waals surface area contributed by atoms with Crippen molar-refractivity contribution in [1.82, 2.24) is 10.6 Å². The number of amides is 1. The highest BCUT2D eigenvalue weighted by atomic mass is 32.2. The summed E-state index contributed by atoms with van der Waals surface area (Å²) < 4.78 is 4.43. The summed E-state index contributed by atoms with van der Waals surface area (Å²) in [5.41, 5.74) is 0. The molecule has 0 atom stereocenters. The summed E-state index contributed by atoms with van der Waals surface area (Å²) >= 11 is 1.66. The number of hydrogen-bond donors (Lipinski definition) is 2. The van der Waals surface area contributed by atoms with Gasteiger partial charge in [0.05, 0.1) is 12.9 Å². The Balaban J connectivity index is 2.07. The van der Waals surface area contributed by atoms with Gasteiger partial charge in [0.25, 0.3) is 0 Å². The highest BCUT2D eigenvalue weighted by molar-refractivity contribution is 8.00. The van der Waals surface area contributed by atoms with E-state index in [2.05, 4.69) is 15.4 Å². The molecule has 2 N–H and O–H groups in total. The quantitative estimate of drug-likeness (QED) is 0.655. The van der Waals surface area contributed by atoms with Crippen molar-refractivity contribution < 1.29 is 14.3 Å². The van der Waals surface area contributed by atoms with Gasteiger partial charge in [0.2, 0.25) is 5.91 Å². The summed E-state index contributed by atoms with van der Waals surface area (Å²) in [5, 5.41) is 6.36. The smallest absolute Gasteiger partial charge is 0.325 e. The number of carbonyl (C=O) groups excluding carboxylic acids is 2. The highest BCUT2D eigenvalue weighted by Gasteiger charge is 2.15. The Hall–Kier alpha value is -0.750. The van der Waals surface area contributed by atoms with Crippen LogP contribution >= 0.6 is 11.8 Å². The van der Waals surface area contributed by atoms with Crippen molar-refractivity contribution in [3.63, 3.8) is 0 Å². The number of rotatable bonds is 5.